The molecule has 6 nitrogen and oxygen atoms in total. The van der Waals surface area contributed by atoms with E-state index in [1.165, 1.54) is 11.3 Å². The molecular weight excluding hydrogens is 298 g/mol. The predicted molar refractivity (Wildman–Crippen MR) is 87.1 cm³/mol. The molecule has 0 aromatic carbocycles. The van der Waals surface area contributed by atoms with Gasteiger partial charge in [-0.1, -0.05) is 6.92 Å². The molecule has 0 bridgehead atoms. The van der Waals surface area contributed by atoms with Crippen LogP contribution < -0.4 is 10.2 Å². The molecule has 3 heterocycles. The predicted octanol–water partition coefficient (Wildman–Crippen LogP) is 2.35. The fraction of sp³-hybridized carbons (Fsp3) is 0.467. The first-order chi connectivity index (χ1) is 10.8. The topological polar surface area (TPSA) is 71.0 Å². The molecule has 0 spiro atoms. The summed E-state index contributed by atoms with van der Waals surface area (Å²) in [5.41, 5.74) is 1.03. The number of thiazole rings is 1. The van der Waals surface area contributed by atoms with Crippen molar-refractivity contribution < 1.29 is 4.79 Å². The number of hydrogen-bond acceptors (Lipinski definition) is 6. The van der Waals surface area contributed by atoms with E-state index >= 15 is 0 Å². The Labute approximate surface area is 133 Å². The van der Waals surface area contributed by atoms with Crippen LogP contribution in [-0.2, 0) is 11.2 Å². The molecule has 2 aromatic heterocycles. The van der Waals surface area contributed by atoms with Crippen LogP contribution in [0.4, 0.5) is 10.9 Å². The second-order valence-electron chi connectivity index (χ2n) is 5.31. The molecule has 7 heteroatoms. The average Bonchev–Trinajstić information content (AvgIpc) is 3.03. The summed E-state index contributed by atoms with van der Waals surface area (Å²) in [4.78, 5) is 27.3. The summed E-state index contributed by atoms with van der Waals surface area (Å²) in [5.74, 6) is 1.01. The van der Waals surface area contributed by atoms with Crippen molar-refractivity contribution in [3.05, 3.63) is 29.7 Å². The fourth-order valence-electron chi connectivity index (χ4n) is 2.56. The quantitative estimate of drug-likeness (QED) is 0.937. The maximum Gasteiger partial charge on any atom is 0.229 e. The number of carbonyl (C=O) groups is 1. The molecule has 1 aliphatic heterocycles. The minimum absolute atomic E-state index is 0.0434. The number of aromatic nitrogens is 3. The van der Waals surface area contributed by atoms with Crippen LogP contribution in [0, 0.1) is 5.92 Å². The number of aryl methyl sites for hydroxylation is 1. The van der Waals surface area contributed by atoms with Crippen molar-refractivity contribution >= 4 is 28.2 Å². The Morgan fingerprint density at radius 3 is 2.86 bits per heavy atom. The number of hydrogen-bond donors (Lipinski definition) is 1. The van der Waals surface area contributed by atoms with Gasteiger partial charge in [0.1, 0.15) is 5.82 Å². The van der Waals surface area contributed by atoms with Crippen LogP contribution >= 0.6 is 11.3 Å². The molecule has 0 radical (unpaired) electrons. The normalized spacial score (nSPS) is 15.8. The van der Waals surface area contributed by atoms with E-state index in [1.54, 1.807) is 18.6 Å². The Balaban J connectivity index is 1.53. The minimum atomic E-state index is 0.0434. The third-order valence-corrected chi connectivity index (χ3v) is 4.69. The first-order valence-corrected chi connectivity index (χ1v) is 8.40. The standard InChI is InChI=1S/C15H19N5OS/c1-2-12-10-22-15(18-12)19-14(21)11-3-7-20(8-4-11)13-9-16-5-6-17-13/h5-6,9-11H,2-4,7-8H2,1H3,(H,18,19,21). The van der Waals surface area contributed by atoms with E-state index in [0.717, 1.165) is 43.9 Å². The zero-order chi connectivity index (χ0) is 15.4. The SMILES string of the molecule is CCc1csc(NC(=O)C2CCN(c3cnccn3)CC2)n1. The molecule has 1 fully saturated rings. The van der Waals surface area contributed by atoms with Crippen molar-refractivity contribution in [3.8, 4) is 0 Å². The van der Waals surface area contributed by atoms with E-state index in [0.29, 0.717) is 5.13 Å². The van der Waals surface area contributed by atoms with E-state index in [2.05, 4.69) is 32.1 Å². The van der Waals surface area contributed by atoms with Gasteiger partial charge >= 0.3 is 0 Å². The molecule has 0 aliphatic carbocycles. The number of piperidine rings is 1. The Kier molecular flexibility index (Phi) is 4.62. The highest BCUT2D eigenvalue weighted by Gasteiger charge is 2.26. The maximum absolute atomic E-state index is 12.3. The molecule has 1 aliphatic rings. The van der Waals surface area contributed by atoms with Gasteiger partial charge in [0.15, 0.2) is 5.13 Å². The number of carbonyl (C=O) groups excluding carboxylic acids is 1. The fourth-order valence-corrected chi connectivity index (χ4v) is 3.36. The zero-order valence-electron chi connectivity index (χ0n) is 12.5. The summed E-state index contributed by atoms with van der Waals surface area (Å²) in [6.45, 7) is 3.71. The smallest absolute Gasteiger partial charge is 0.229 e. The van der Waals surface area contributed by atoms with Crippen LogP contribution in [0.25, 0.3) is 0 Å². The first-order valence-electron chi connectivity index (χ1n) is 7.52. The second-order valence-corrected chi connectivity index (χ2v) is 6.17. The van der Waals surface area contributed by atoms with Gasteiger partial charge in [-0.25, -0.2) is 9.97 Å². The number of nitrogens with zero attached hydrogens (tertiary/aromatic N) is 4. The lowest BCUT2D eigenvalue weighted by molar-refractivity contribution is -0.120. The van der Waals surface area contributed by atoms with Crippen molar-refractivity contribution in [2.45, 2.75) is 26.2 Å². The van der Waals surface area contributed by atoms with Gasteiger partial charge in [-0.05, 0) is 19.3 Å². The van der Waals surface area contributed by atoms with E-state index in [4.69, 9.17) is 0 Å². The highest BCUT2D eigenvalue weighted by Crippen LogP contribution is 2.23. The number of anilines is 2. The molecule has 0 unspecified atom stereocenters. The van der Waals surface area contributed by atoms with Crippen LogP contribution in [-0.4, -0.2) is 33.9 Å². The number of nitrogens with one attached hydrogen (secondary N) is 1. The largest absolute Gasteiger partial charge is 0.355 e. The van der Waals surface area contributed by atoms with Gasteiger partial charge in [-0.15, -0.1) is 11.3 Å². The van der Waals surface area contributed by atoms with Crippen molar-refractivity contribution in [1.82, 2.24) is 15.0 Å². The van der Waals surface area contributed by atoms with Crippen LogP contribution in [0.2, 0.25) is 0 Å². The minimum Gasteiger partial charge on any atom is -0.355 e. The first kappa shape index (κ1) is 14.9. The highest BCUT2D eigenvalue weighted by atomic mass is 32.1. The van der Waals surface area contributed by atoms with Crippen molar-refractivity contribution in [2.75, 3.05) is 23.3 Å². The molecule has 1 saturated heterocycles. The molecule has 0 atom stereocenters. The summed E-state index contributed by atoms with van der Waals surface area (Å²) in [7, 11) is 0. The zero-order valence-corrected chi connectivity index (χ0v) is 13.3. The summed E-state index contributed by atoms with van der Waals surface area (Å²) >= 11 is 1.49. The van der Waals surface area contributed by atoms with Crippen LogP contribution in [0.1, 0.15) is 25.5 Å². The Bertz CT molecular complexity index is 622. The lowest BCUT2D eigenvalue weighted by atomic mass is 9.96. The van der Waals surface area contributed by atoms with Gasteiger partial charge in [0, 0.05) is 36.8 Å². The van der Waals surface area contributed by atoms with Crippen LogP contribution in [0.5, 0.6) is 0 Å². The Hall–Kier alpha value is -2.02. The molecule has 1 amide bonds. The molecule has 3 rings (SSSR count). The van der Waals surface area contributed by atoms with Gasteiger partial charge in [0.25, 0.3) is 0 Å². The average molecular weight is 317 g/mol. The Morgan fingerprint density at radius 2 is 2.23 bits per heavy atom. The molecule has 0 saturated carbocycles. The summed E-state index contributed by atoms with van der Waals surface area (Å²) in [5, 5.41) is 5.64. The molecule has 22 heavy (non-hydrogen) atoms. The van der Waals surface area contributed by atoms with Crippen LogP contribution in [0.15, 0.2) is 24.0 Å². The summed E-state index contributed by atoms with van der Waals surface area (Å²) in [6.07, 6.45) is 7.68. The highest BCUT2D eigenvalue weighted by molar-refractivity contribution is 7.13. The van der Waals surface area contributed by atoms with E-state index < -0.39 is 0 Å². The number of amides is 1. The van der Waals surface area contributed by atoms with Crippen LogP contribution in [0.3, 0.4) is 0 Å². The van der Waals surface area contributed by atoms with Gasteiger partial charge in [0.2, 0.25) is 5.91 Å². The third-order valence-electron chi connectivity index (χ3n) is 3.88. The lowest BCUT2D eigenvalue weighted by Crippen LogP contribution is -2.38. The van der Waals surface area contributed by atoms with E-state index in [1.807, 2.05) is 5.38 Å². The maximum atomic E-state index is 12.3. The van der Waals surface area contributed by atoms with E-state index in [-0.39, 0.29) is 11.8 Å². The third kappa shape index (κ3) is 3.41. The number of rotatable bonds is 4. The van der Waals surface area contributed by atoms with Crippen molar-refractivity contribution in [2.24, 2.45) is 5.92 Å². The Morgan fingerprint density at radius 1 is 1.41 bits per heavy atom. The van der Waals surface area contributed by atoms with E-state index in [9.17, 15) is 4.79 Å². The second kappa shape index (κ2) is 6.83. The van der Waals surface area contributed by atoms with Gasteiger partial charge < -0.3 is 10.2 Å². The lowest BCUT2D eigenvalue weighted by Gasteiger charge is -2.31. The van der Waals surface area contributed by atoms with Crippen molar-refractivity contribution in [3.63, 3.8) is 0 Å². The monoisotopic (exact) mass is 317 g/mol. The summed E-state index contributed by atoms with van der Waals surface area (Å²) < 4.78 is 0. The van der Waals surface area contributed by atoms with Gasteiger partial charge in [0.05, 0.1) is 11.9 Å². The molecule has 1 N–H and O–H groups in total. The van der Waals surface area contributed by atoms with Gasteiger partial charge in [-0.2, -0.15) is 0 Å². The molecule has 2 aromatic rings. The van der Waals surface area contributed by atoms with Gasteiger partial charge in [-0.3, -0.25) is 9.78 Å². The summed E-state index contributed by atoms with van der Waals surface area (Å²) in [6, 6.07) is 0. The molecular formula is C15H19N5OS. The molecule has 116 valence electrons. The van der Waals surface area contributed by atoms with Crippen molar-refractivity contribution in [1.29, 1.82) is 0 Å².